The minimum absolute atomic E-state index is 0.177. The van der Waals surface area contributed by atoms with E-state index < -0.39 is 0 Å². The van der Waals surface area contributed by atoms with E-state index in [0.29, 0.717) is 12.1 Å². The van der Waals surface area contributed by atoms with Crippen molar-refractivity contribution in [3.63, 3.8) is 0 Å². The summed E-state index contributed by atoms with van der Waals surface area (Å²) in [6.07, 6.45) is 3.51. The molecule has 2 fully saturated rings. The lowest BCUT2D eigenvalue weighted by atomic mass is 9.93. The van der Waals surface area contributed by atoms with Crippen LogP contribution in [0.15, 0.2) is 30.3 Å². The lowest BCUT2D eigenvalue weighted by Gasteiger charge is -2.29. The van der Waals surface area contributed by atoms with Gasteiger partial charge in [0.25, 0.3) is 0 Å². The quantitative estimate of drug-likeness (QED) is 0.889. The Morgan fingerprint density at radius 2 is 1.95 bits per heavy atom. The summed E-state index contributed by atoms with van der Waals surface area (Å²) in [4.78, 5) is 14.8. The number of nitrogens with two attached hydrogens (primary N) is 1. The van der Waals surface area contributed by atoms with Crippen molar-refractivity contribution in [3.05, 3.63) is 35.9 Å². The van der Waals surface area contributed by atoms with Crippen molar-refractivity contribution >= 4 is 5.91 Å². The molecular weight excluding hydrogens is 262 g/mol. The molecule has 3 rings (SSSR count). The van der Waals surface area contributed by atoms with Crippen LogP contribution in [0.2, 0.25) is 0 Å². The smallest absolute Gasteiger partial charge is 0.227 e. The molecule has 2 heterocycles. The normalized spacial score (nSPS) is 28.0. The number of carbonyl (C=O) groups is 1. The van der Waals surface area contributed by atoms with E-state index in [4.69, 9.17) is 5.73 Å². The standard InChI is InChI=1S/C17H25N3O/c1-12(16(18)13-5-3-2-4-6-13)17(21)20-10-9-14-7-8-15(11-20)19-14/h2-6,12,14-16,19H,7-11,18H2,1H3. The van der Waals surface area contributed by atoms with Gasteiger partial charge in [-0.1, -0.05) is 37.3 Å². The summed E-state index contributed by atoms with van der Waals surface area (Å²) in [5.74, 6) is 0.0183. The number of nitrogens with zero attached hydrogens (tertiary/aromatic N) is 1. The largest absolute Gasteiger partial charge is 0.341 e. The molecular formula is C17H25N3O. The molecule has 2 saturated heterocycles. The minimum Gasteiger partial charge on any atom is -0.341 e. The molecule has 0 spiro atoms. The molecule has 2 aliphatic rings. The number of carbonyl (C=O) groups excluding carboxylic acids is 1. The Bertz CT molecular complexity index is 490. The Morgan fingerprint density at radius 3 is 2.71 bits per heavy atom. The van der Waals surface area contributed by atoms with Gasteiger partial charge in [0.1, 0.15) is 0 Å². The first-order chi connectivity index (χ1) is 10.1. The molecule has 114 valence electrons. The summed E-state index contributed by atoms with van der Waals surface area (Å²) >= 11 is 0. The Balaban J connectivity index is 1.66. The number of rotatable bonds is 3. The number of nitrogens with one attached hydrogen (secondary N) is 1. The van der Waals surface area contributed by atoms with Crippen LogP contribution in [0.5, 0.6) is 0 Å². The molecule has 0 saturated carbocycles. The lowest BCUT2D eigenvalue weighted by molar-refractivity contribution is -0.136. The van der Waals surface area contributed by atoms with Gasteiger partial charge in [0.15, 0.2) is 0 Å². The summed E-state index contributed by atoms with van der Waals surface area (Å²) in [5, 5.41) is 3.61. The Kier molecular flexibility index (Phi) is 4.27. The van der Waals surface area contributed by atoms with Gasteiger partial charge < -0.3 is 16.0 Å². The van der Waals surface area contributed by atoms with Crippen molar-refractivity contribution in [2.45, 2.75) is 44.3 Å². The first-order valence-electron chi connectivity index (χ1n) is 8.00. The zero-order valence-electron chi connectivity index (χ0n) is 12.7. The second-order valence-corrected chi connectivity index (χ2v) is 6.44. The molecule has 1 aromatic carbocycles. The van der Waals surface area contributed by atoms with Crippen LogP contribution in [-0.2, 0) is 4.79 Å². The third-order valence-corrected chi connectivity index (χ3v) is 4.95. The molecule has 0 aliphatic carbocycles. The highest BCUT2D eigenvalue weighted by atomic mass is 16.2. The predicted molar refractivity (Wildman–Crippen MR) is 83.7 cm³/mol. The SMILES string of the molecule is CC(C(=O)N1CCC2CCC(C1)N2)C(N)c1ccccc1. The molecule has 0 radical (unpaired) electrons. The molecule has 2 aliphatic heterocycles. The molecule has 4 unspecified atom stereocenters. The van der Waals surface area contributed by atoms with Gasteiger partial charge in [-0.3, -0.25) is 4.79 Å². The average molecular weight is 287 g/mol. The van der Waals surface area contributed by atoms with Gasteiger partial charge in [0.2, 0.25) is 5.91 Å². The summed E-state index contributed by atoms with van der Waals surface area (Å²) in [7, 11) is 0. The van der Waals surface area contributed by atoms with Crippen LogP contribution in [0.4, 0.5) is 0 Å². The second kappa shape index (κ2) is 6.16. The van der Waals surface area contributed by atoms with Crippen LogP contribution in [0, 0.1) is 5.92 Å². The third kappa shape index (κ3) is 3.11. The van der Waals surface area contributed by atoms with Crippen LogP contribution in [0.1, 0.15) is 37.8 Å². The van der Waals surface area contributed by atoms with Gasteiger partial charge in [0, 0.05) is 31.2 Å². The van der Waals surface area contributed by atoms with Crippen molar-refractivity contribution in [2.75, 3.05) is 13.1 Å². The highest BCUT2D eigenvalue weighted by Crippen LogP contribution is 2.25. The number of hydrogen-bond acceptors (Lipinski definition) is 3. The van der Waals surface area contributed by atoms with Crippen molar-refractivity contribution < 1.29 is 4.79 Å². The van der Waals surface area contributed by atoms with Gasteiger partial charge >= 0.3 is 0 Å². The molecule has 2 bridgehead atoms. The number of likely N-dealkylation sites (tertiary alicyclic amines) is 1. The molecule has 3 N–H and O–H groups in total. The highest BCUT2D eigenvalue weighted by molar-refractivity contribution is 5.79. The van der Waals surface area contributed by atoms with Crippen LogP contribution in [0.25, 0.3) is 0 Å². The average Bonchev–Trinajstić information content (AvgIpc) is 2.85. The van der Waals surface area contributed by atoms with Gasteiger partial charge in [-0.05, 0) is 24.8 Å². The first kappa shape index (κ1) is 14.5. The highest BCUT2D eigenvalue weighted by Gasteiger charge is 2.34. The van der Waals surface area contributed by atoms with Gasteiger partial charge in [-0.2, -0.15) is 0 Å². The Morgan fingerprint density at radius 1 is 1.24 bits per heavy atom. The number of hydrogen-bond donors (Lipinski definition) is 2. The van der Waals surface area contributed by atoms with E-state index in [1.54, 1.807) is 0 Å². The summed E-state index contributed by atoms with van der Waals surface area (Å²) in [5.41, 5.74) is 7.33. The fraction of sp³-hybridized carbons (Fsp3) is 0.588. The van der Waals surface area contributed by atoms with E-state index in [0.717, 1.165) is 25.1 Å². The van der Waals surface area contributed by atoms with Crippen LogP contribution in [0.3, 0.4) is 0 Å². The van der Waals surface area contributed by atoms with E-state index in [9.17, 15) is 4.79 Å². The maximum Gasteiger partial charge on any atom is 0.227 e. The first-order valence-corrected chi connectivity index (χ1v) is 8.00. The summed E-state index contributed by atoms with van der Waals surface area (Å²) in [6, 6.07) is 10.8. The van der Waals surface area contributed by atoms with Crippen molar-refractivity contribution in [1.29, 1.82) is 0 Å². The summed E-state index contributed by atoms with van der Waals surface area (Å²) in [6.45, 7) is 3.65. The van der Waals surface area contributed by atoms with Crippen LogP contribution < -0.4 is 11.1 Å². The monoisotopic (exact) mass is 287 g/mol. The molecule has 4 heteroatoms. The van der Waals surface area contributed by atoms with E-state index in [-0.39, 0.29) is 17.9 Å². The van der Waals surface area contributed by atoms with E-state index in [1.165, 1.54) is 12.8 Å². The number of amides is 1. The fourth-order valence-electron chi connectivity index (χ4n) is 3.55. The Hall–Kier alpha value is -1.39. The molecule has 4 atom stereocenters. The lowest BCUT2D eigenvalue weighted by Crippen LogP contribution is -2.43. The number of benzene rings is 1. The molecule has 1 aromatic rings. The zero-order chi connectivity index (χ0) is 14.8. The minimum atomic E-state index is -0.230. The molecule has 1 amide bonds. The van der Waals surface area contributed by atoms with Crippen LogP contribution >= 0.6 is 0 Å². The predicted octanol–water partition coefficient (Wildman–Crippen LogP) is 1.68. The topological polar surface area (TPSA) is 58.4 Å². The zero-order valence-corrected chi connectivity index (χ0v) is 12.7. The van der Waals surface area contributed by atoms with E-state index in [2.05, 4.69) is 5.32 Å². The van der Waals surface area contributed by atoms with Gasteiger partial charge in [-0.25, -0.2) is 0 Å². The molecule has 0 aromatic heterocycles. The maximum absolute atomic E-state index is 12.8. The Labute approximate surface area is 126 Å². The van der Waals surface area contributed by atoms with E-state index in [1.807, 2.05) is 42.2 Å². The third-order valence-electron chi connectivity index (χ3n) is 4.95. The maximum atomic E-state index is 12.8. The second-order valence-electron chi connectivity index (χ2n) is 6.44. The van der Waals surface area contributed by atoms with Crippen LogP contribution in [-0.4, -0.2) is 36.0 Å². The van der Waals surface area contributed by atoms with Crippen molar-refractivity contribution in [1.82, 2.24) is 10.2 Å². The van der Waals surface area contributed by atoms with E-state index >= 15 is 0 Å². The van der Waals surface area contributed by atoms with Gasteiger partial charge in [-0.15, -0.1) is 0 Å². The summed E-state index contributed by atoms with van der Waals surface area (Å²) < 4.78 is 0. The molecule has 4 nitrogen and oxygen atoms in total. The number of fused-ring (bicyclic) bond motifs is 2. The van der Waals surface area contributed by atoms with Crippen molar-refractivity contribution in [3.8, 4) is 0 Å². The van der Waals surface area contributed by atoms with Gasteiger partial charge in [0.05, 0.1) is 5.92 Å². The fourth-order valence-corrected chi connectivity index (χ4v) is 3.55. The molecule has 21 heavy (non-hydrogen) atoms. The van der Waals surface area contributed by atoms with Crippen molar-refractivity contribution in [2.24, 2.45) is 11.7 Å².